The second-order valence-corrected chi connectivity index (χ2v) is 4.95. The first-order valence-electron chi connectivity index (χ1n) is 5.42. The summed E-state index contributed by atoms with van der Waals surface area (Å²) in [4.78, 5) is 0. The lowest BCUT2D eigenvalue weighted by atomic mass is 9.88. The maximum atomic E-state index is 13.1. The van der Waals surface area contributed by atoms with Crippen molar-refractivity contribution in [2.75, 3.05) is 6.61 Å². The third-order valence-electron chi connectivity index (χ3n) is 2.69. The minimum Gasteiger partial charge on any atom is -0.493 e. The van der Waals surface area contributed by atoms with E-state index in [0.717, 1.165) is 0 Å². The maximum Gasteiger partial charge on any atom is 0.145 e. The number of rotatable bonds is 5. The third-order valence-corrected chi connectivity index (χ3v) is 2.99. The second kappa shape index (κ2) is 5.91. The van der Waals surface area contributed by atoms with E-state index < -0.39 is 11.2 Å². The molecule has 0 bridgehead atoms. The highest BCUT2D eigenvalue weighted by Gasteiger charge is 2.23. The second-order valence-electron chi connectivity index (χ2n) is 4.54. The minimum absolute atomic E-state index is 0.0549. The van der Waals surface area contributed by atoms with Gasteiger partial charge in [0.25, 0.3) is 0 Å². The Hall–Kier alpha value is -1.49. The smallest absolute Gasteiger partial charge is 0.145 e. The molecule has 6 heteroatoms. The van der Waals surface area contributed by atoms with Crippen molar-refractivity contribution in [3.63, 3.8) is 0 Å². The van der Waals surface area contributed by atoms with Crippen LogP contribution in [0.2, 0.25) is 5.02 Å². The van der Waals surface area contributed by atoms with E-state index in [4.69, 9.17) is 27.3 Å². The molecule has 0 heterocycles. The maximum absolute atomic E-state index is 13.1. The molecule has 18 heavy (non-hydrogen) atoms. The van der Waals surface area contributed by atoms with E-state index in [2.05, 4.69) is 5.16 Å². The molecule has 1 aromatic rings. The Morgan fingerprint density at radius 3 is 2.78 bits per heavy atom. The molecule has 0 radical (unpaired) electrons. The Kier molecular flexibility index (Phi) is 4.78. The zero-order valence-electron chi connectivity index (χ0n) is 10.3. The summed E-state index contributed by atoms with van der Waals surface area (Å²) in [5, 5.41) is 11.6. The van der Waals surface area contributed by atoms with Crippen LogP contribution in [0.25, 0.3) is 0 Å². The van der Waals surface area contributed by atoms with Crippen molar-refractivity contribution in [3.8, 4) is 5.75 Å². The van der Waals surface area contributed by atoms with Crippen LogP contribution >= 0.6 is 11.6 Å². The number of nitrogens with two attached hydrogens (primary N) is 1. The number of ether oxygens (including phenoxy) is 1. The fourth-order valence-corrected chi connectivity index (χ4v) is 1.37. The summed E-state index contributed by atoms with van der Waals surface area (Å²) >= 11 is 5.56. The van der Waals surface area contributed by atoms with Crippen molar-refractivity contribution < 1.29 is 14.3 Å². The number of oxime groups is 1. The van der Waals surface area contributed by atoms with Gasteiger partial charge >= 0.3 is 0 Å². The van der Waals surface area contributed by atoms with Crippen LogP contribution in [0.4, 0.5) is 4.39 Å². The van der Waals surface area contributed by atoms with Crippen LogP contribution in [-0.2, 0) is 0 Å². The minimum atomic E-state index is -0.523. The van der Waals surface area contributed by atoms with E-state index in [9.17, 15) is 4.39 Å². The number of halogens is 2. The van der Waals surface area contributed by atoms with Gasteiger partial charge in [-0.05, 0) is 18.6 Å². The fraction of sp³-hybridized carbons (Fsp3) is 0.417. The van der Waals surface area contributed by atoms with Gasteiger partial charge in [-0.25, -0.2) is 4.39 Å². The van der Waals surface area contributed by atoms with E-state index in [1.54, 1.807) is 6.07 Å². The third kappa shape index (κ3) is 3.77. The number of nitrogens with zero attached hydrogens (tertiary/aromatic N) is 1. The molecule has 0 aliphatic rings. The van der Waals surface area contributed by atoms with Crippen molar-refractivity contribution >= 4 is 17.4 Å². The molecule has 0 atom stereocenters. The lowest BCUT2D eigenvalue weighted by Crippen LogP contribution is -2.33. The highest BCUT2D eigenvalue weighted by Crippen LogP contribution is 2.23. The Balaban J connectivity index is 2.54. The standard InChI is InChI=1S/C12H16ClFN2O2/c1-12(2,11(15)16-17)5-6-18-8-3-4-9(13)10(14)7-8/h3-4,7,17H,5-6H2,1-2H3,(H2,15,16). The van der Waals surface area contributed by atoms with Crippen LogP contribution < -0.4 is 10.5 Å². The van der Waals surface area contributed by atoms with E-state index in [-0.39, 0.29) is 10.9 Å². The largest absolute Gasteiger partial charge is 0.493 e. The topological polar surface area (TPSA) is 67.8 Å². The average Bonchev–Trinajstić information content (AvgIpc) is 2.32. The van der Waals surface area contributed by atoms with Gasteiger partial charge in [-0.2, -0.15) is 0 Å². The number of hydrogen-bond donors (Lipinski definition) is 2. The first kappa shape index (κ1) is 14.6. The van der Waals surface area contributed by atoms with Gasteiger partial charge in [0, 0.05) is 11.5 Å². The molecule has 100 valence electrons. The van der Waals surface area contributed by atoms with Gasteiger partial charge < -0.3 is 15.7 Å². The molecule has 0 fully saturated rings. The molecular weight excluding hydrogens is 259 g/mol. The first-order valence-corrected chi connectivity index (χ1v) is 5.80. The van der Waals surface area contributed by atoms with Crippen LogP contribution in [0.5, 0.6) is 5.75 Å². The van der Waals surface area contributed by atoms with Crippen molar-refractivity contribution in [3.05, 3.63) is 29.0 Å². The Morgan fingerprint density at radius 1 is 1.56 bits per heavy atom. The molecule has 0 saturated carbocycles. The normalized spacial score (nSPS) is 12.6. The lowest BCUT2D eigenvalue weighted by molar-refractivity contribution is 0.259. The molecule has 0 aromatic heterocycles. The van der Waals surface area contributed by atoms with Crippen molar-refractivity contribution in [1.29, 1.82) is 0 Å². The SMILES string of the molecule is CC(C)(CCOc1ccc(Cl)c(F)c1)/C(N)=N/O. The molecule has 0 aliphatic carbocycles. The summed E-state index contributed by atoms with van der Waals surface area (Å²) in [5.41, 5.74) is 5.05. The number of benzene rings is 1. The van der Waals surface area contributed by atoms with Crippen molar-refractivity contribution in [1.82, 2.24) is 0 Å². The molecular formula is C12H16ClFN2O2. The highest BCUT2D eigenvalue weighted by atomic mass is 35.5. The molecule has 0 aliphatic heterocycles. The predicted molar refractivity (Wildman–Crippen MR) is 68.7 cm³/mol. The van der Waals surface area contributed by atoms with Crippen LogP contribution in [-0.4, -0.2) is 17.6 Å². The van der Waals surface area contributed by atoms with Gasteiger partial charge in [-0.15, -0.1) is 0 Å². The summed E-state index contributed by atoms with van der Waals surface area (Å²) in [6, 6.07) is 4.24. The zero-order chi connectivity index (χ0) is 13.8. The lowest BCUT2D eigenvalue weighted by Gasteiger charge is -2.22. The van der Waals surface area contributed by atoms with Gasteiger partial charge in [0.05, 0.1) is 11.6 Å². The van der Waals surface area contributed by atoms with Gasteiger partial charge in [-0.3, -0.25) is 0 Å². The van der Waals surface area contributed by atoms with E-state index in [0.29, 0.717) is 18.8 Å². The quantitative estimate of drug-likeness (QED) is 0.375. The monoisotopic (exact) mass is 274 g/mol. The molecule has 4 nitrogen and oxygen atoms in total. The summed E-state index contributed by atoms with van der Waals surface area (Å²) in [5.74, 6) is 0.00505. The van der Waals surface area contributed by atoms with Crippen LogP contribution in [0.15, 0.2) is 23.4 Å². The number of amidine groups is 1. The summed E-state index contributed by atoms with van der Waals surface area (Å²) in [6.45, 7) is 3.98. The molecule has 1 aromatic carbocycles. The fourth-order valence-electron chi connectivity index (χ4n) is 1.25. The van der Waals surface area contributed by atoms with Gasteiger partial charge in [0.2, 0.25) is 0 Å². The predicted octanol–water partition coefficient (Wildman–Crippen LogP) is 3.02. The van der Waals surface area contributed by atoms with Crippen LogP contribution in [0.3, 0.4) is 0 Å². The van der Waals surface area contributed by atoms with Gasteiger partial charge in [-0.1, -0.05) is 30.6 Å². The Bertz CT molecular complexity index is 450. The molecule has 1 rings (SSSR count). The van der Waals surface area contributed by atoms with Crippen molar-refractivity contribution in [2.45, 2.75) is 20.3 Å². The van der Waals surface area contributed by atoms with E-state index in [1.807, 2.05) is 13.8 Å². The van der Waals surface area contributed by atoms with Crippen LogP contribution in [0, 0.1) is 11.2 Å². The number of hydrogen-bond acceptors (Lipinski definition) is 3. The van der Waals surface area contributed by atoms with E-state index >= 15 is 0 Å². The summed E-state index contributed by atoms with van der Waals surface area (Å²) in [6.07, 6.45) is 0.535. The molecule has 3 N–H and O–H groups in total. The molecule has 0 saturated heterocycles. The van der Waals surface area contributed by atoms with Crippen LogP contribution in [0.1, 0.15) is 20.3 Å². The Labute approximate surface area is 110 Å². The molecule has 0 unspecified atom stereocenters. The van der Waals surface area contributed by atoms with Gasteiger partial charge in [0.1, 0.15) is 17.4 Å². The molecule has 0 spiro atoms. The highest BCUT2D eigenvalue weighted by molar-refractivity contribution is 6.30. The van der Waals surface area contributed by atoms with Crippen molar-refractivity contribution in [2.24, 2.45) is 16.3 Å². The average molecular weight is 275 g/mol. The summed E-state index contributed by atoms with van der Waals surface area (Å²) < 4.78 is 18.5. The van der Waals surface area contributed by atoms with Gasteiger partial charge in [0.15, 0.2) is 0 Å². The Morgan fingerprint density at radius 2 is 2.22 bits per heavy atom. The first-order chi connectivity index (χ1) is 8.36. The summed E-state index contributed by atoms with van der Waals surface area (Å²) in [7, 11) is 0. The zero-order valence-corrected chi connectivity index (χ0v) is 11.0. The molecule has 0 amide bonds. The van der Waals surface area contributed by atoms with E-state index in [1.165, 1.54) is 12.1 Å².